The number of H-pyrrole nitrogens is 2. The standard InChI is InChI=1S/C14H12N4O/c1-9-12(14(19)18-17-9)13(11(7-15)8-16)10-5-3-2-4-6-10/h2-6,11,13H,1H3,(H2,17,18,19)/t13-/m0/s1. The van der Waals surface area contributed by atoms with E-state index < -0.39 is 11.8 Å². The van der Waals surface area contributed by atoms with Crippen molar-refractivity contribution in [2.24, 2.45) is 5.92 Å². The van der Waals surface area contributed by atoms with Gasteiger partial charge in [0.25, 0.3) is 5.56 Å². The maximum absolute atomic E-state index is 11.9. The molecule has 0 aliphatic rings. The Morgan fingerprint density at radius 1 is 1.11 bits per heavy atom. The Hall–Kier alpha value is -2.79. The zero-order valence-electron chi connectivity index (χ0n) is 10.3. The summed E-state index contributed by atoms with van der Waals surface area (Å²) in [7, 11) is 0. The highest BCUT2D eigenvalue weighted by molar-refractivity contribution is 5.37. The molecular formula is C14H12N4O. The van der Waals surface area contributed by atoms with Crippen LogP contribution in [-0.4, -0.2) is 10.2 Å². The molecule has 0 unspecified atom stereocenters. The zero-order valence-corrected chi connectivity index (χ0v) is 10.3. The van der Waals surface area contributed by atoms with Crippen molar-refractivity contribution < 1.29 is 0 Å². The summed E-state index contributed by atoms with van der Waals surface area (Å²) < 4.78 is 0. The average Bonchev–Trinajstić information content (AvgIpc) is 2.77. The van der Waals surface area contributed by atoms with Gasteiger partial charge in [0, 0.05) is 17.2 Å². The summed E-state index contributed by atoms with van der Waals surface area (Å²) in [6.07, 6.45) is 0. The molecule has 0 aliphatic heterocycles. The number of nitriles is 2. The molecule has 0 fully saturated rings. The highest BCUT2D eigenvalue weighted by Gasteiger charge is 2.29. The van der Waals surface area contributed by atoms with Gasteiger partial charge < -0.3 is 5.10 Å². The lowest BCUT2D eigenvalue weighted by molar-refractivity contribution is 0.700. The first-order valence-corrected chi connectivity index (χ1v) is 5.80. The Balaban J connectivity index is 2.64. The highest BCUT2D eigenvalue weighted by Crippen LogP contribution is 2.30. The molecule has 0 saturated heterocycles. The Morgan fingerprint density at radius 2 is 1.74 bits per heavy atom. The molecule has 0 amide bonds. The van der Waals surface area contributed by atoms with Gasteiger partial charge in [-0.1, -0.05) is 30.3 Å². The van der Waals surface area contributed by atoms with E-state index >= 15 is 0 Å². The SMILES string of the molecule is Cc1[nH][nH]c(=O)c1[C@@H](c1ccccc1)C(C#N)C#N. The molecule has 1 atom stereocenters. The fourth-order valence-electron chi connectivity index (χ4n) is 2.19. The van der Waals surface area contributed by atoms with E-state index in [0.29, 0.717) is 11.3 Å². The molecule has 5 heteroatoms. The minimum absolute atomic E-state index is 0.290. The van der Waals surface area contributed by atoms with E-state index in [1.807, 2.05) is 42.5 Å². The van der Waals surface area contributed by atoms with Crippen molar-refractivity contribution in [3.8, 4) is 12.1 Å². The quantitative estimate of drug-likeness (QED) is 0.871. The van der Waals surface area contributed by atoms with Crippen molar-refractivity contribution in [3.05, 3.63) is 57.5 Å². The minimum Gasteiger partial charge on any atom is -0.302 e. The maximum atomic E-state index is 11.9. The first-order chi connectivity index (χ1) is 9.19. The van der Waals surface area contributed by atoms with Crippen molar-refractivity contribution in [3.63, 3.8) is 0 Å². The molecule has 0 aliphatic carbocycles. The summed E-state index contributed by atoms with van der Waals surface area (Å²) in [5.41, 5.74) is 1.58. The van der Waals surface area contributed by atoms with Gasteiger partial charge in [-0.3, -0.25) is 9.89 Å². The summed E-state index contributed by atoms with van der Waals surface area (Å²) in [5.74, 6) is -1.45. The third-order valence-electron chi connectivity index (χ3n) is 3.09. The predicted octanol–water partition coefficient (Wildman–Crippen LogP) is 1.81. The molecule has 1 aromatic carbocycles. The first-order valence-electron chi connectivity index (χ1n) is 5.80. The Bertz CT molecular complexity index is 686. The second-order valence-electron chi connectivity index (χ2n) is 4.24. The smallest absolute Gasteiger partial charge is 0.268 e. The minimum atomic E-state index is -0.905. The van der Waals surface area contributed by atoms with Gasteiger partial charge in [0.1, 0.15) is 5.92 Å². The van der Waals surface area contributed by atoms with Gasteiger partial charge in [-0.15, -0.1) is 0 Å². The van der Waals surface area contributed by atoms with Gasteiger partial charge in [-0.05, 0) is 12.5 Å². The lowest BCUT2D eigenvalue weighted by atomic mass is 9.82. The van der Waals surface area contributed by atoms with Gasteiger partial charge in [0.2, 0.25) is 0 Å². The van der Waals surface area contributed by atoms with Crippen LogP contribution >= 0.6 is 0 Å². The number of aryl methyl sites for hydroxylation is 1. The summed E-state index contributed by atoms with van der Waals surface area (Å²) in [6.45, 7) is 1.75. The van der Waals surface area contributed by atoms with Crippen LogP contribution in [0.5, 0.6) is 0 Å². The average molecular weight is 252 g/mol. The zero-order chi connectivity index (χ0) is 13.8. The molecule has 5 nitrogen and oxygen atoms in total. The molecule has 1 heterocycles. The third-order valence-corrected chi connectivity index (χ3v) is 3.09. The highest BCUT2D eigenvalue weighted by atomic mass is 16.1. The second-order valence-corrected chi connectivity index (χ2v) is 4.24. The number of hydrogen-bond acceptors (Lipinski definition) is 3. The summed E-state index contributed by atoms with van der Waals surface area (Å²) in [5, 5.41) is 23.5. The topological polar surface area (TPSA) is 96.2 Å². The van der Waals surface area contributed by atoms with E-state index in [-0.39, 0.29) is 5.56 Å². The fourth-order valence-corrected chi connectivity index (χ4v) is 2.19. The number of aromatic amines is 2. The monoisotopic (exact) mass is 252 g/mol. The van der Waals surface area contributed by atoms with E-state index in [0.717, 1.165) is 5.56 Å². The molecule has 2 rings (SSSR count). The first kappa shape index (κ1) is 12.7. The summed E-state index contributed by atoms with van der Waals surface area (Å²) in [4.78, 5) is 11.9. The molecule has 0 radical (unpaired) electrons. The molecule has 94 valence electrons. The van der Waals surface area contributed by atoms with E-state index in [4.69, 9.17) is 10.5 Å². The van der Waals surface area contributed by atoms with E-state index in [1.165, 1.54) is 0 Å². The van der Waals surface area contributed by atoms with E-state index in [9.17, 15) is 4.79 Å². The molecule has 1 aromatic heterocycles. The van der Waals surface area contributed by atoms with Crippen LogP contribution in [0.25, 0.3) is 0 Å². The van der Waals surface area contributed by atoms with Gasteiger partial charge >= 0.3 is 0 Å². The predicted molar refractivity (Wildman–Crippen MR) is 69.2 cm³/mol. The fraction of sp³-hybridized carbons (Fsp3) is 0.214. The van der Waals surface area contributed by atoms with Gasteiger partial charge in [-0.25, -0.2) is 0 Å². The molecule has 2 N–H and O–H groups in total. The number of nitrogens with zero attached hydrogens (tertiary/aromatic N) is 2. The van der Waals surface area contributed by atoms with Crippen LogP contribution < -0.4 is 5.56 Å². The van der Waals surface area contributed by atoms with Crippen molar-refractivity contribution in [1.29, 1.82) is 10.5 Å². The normalized spacial score (nSPS) is 11.8. The van der Waals surface area contributed by atoms with Crippen molar-refractivity contribution in [1.82, 2.24) is 10.2 Å². The van der Waals surface area contributed by atoms with Crippen LogP contribution in [0, 0.1) is 35.5 Å². The largest absolute Gasteiger partial charge is 0.302 e. The molecule has 0 bridgehead atoms. The number of aromatic nitrogens is 2. The van der Waals surface area contributed by atoms with Crippen LogP contribution in [0.4, 0.5) is 0 Å². The number of rotatable bonds is 3. The van der Waals surface area contributed by atoms with Crippen molar-refractivity contribution >= 4 is 0 Å². The van der Waals surface area contributed by atoms with Crippen LogP contribution in [0.3, 0.4) is 0 Å². The van der Waals surface area contributed by atoms with Crippen LogP contribution in [0.15, 0.2) is 35.1 Å². The van der Waals surface area contributed by atoms with Crippen LogP contribution in [0.2, 0.25) is 0 Å². The number of hydrogen-bond donors (Lipinski definition) is 2. The molecule has 2 aromatic rings. The van der Waals surface area contributed by atoms with Crippen molar-refractivity contribution in [2.45, 2.75) is 12.8 Å². The summed E-state index contributed by atoms with van der Waals surface area (Å²) in [6, 6.07) is 13.1. The van der Waals surface area contributed by atoms with Gasteiger partial charge in [-0.2, -0.15) is 10.5 Å². The van der Waals surface area contributed by atoms with Crippen LogP contribution in [0.1, 0.15) is 22.7 Å². The number of nitrogens with one attached hydrogen (secondary N) is 2. The second kappa shape index (κ2) is 5.24. The molecule has 19 heavy (non-hydrogen) atoms. The Kier molecular flexibility index (Phi) is 3.49. The van der Waals surface area contributed by atoms with Crippen LogP contribution in [-0.2, 0) is 0 Å². The Morgan fingerprint density at radius 3 is 2.21 bits per heavy atom. The lowest BCUT2D eigenvalue weighted by Crippen LogP contribution is -2.19. The Labute approximate surface area is 110 Å². The van der Waals surface area contributed by atoms with Gasteiger partial charge in [0.05, 0.1) is 12.1 Å². The molecule has 0 saturated carbocycles. The van der Waals surface area contributed by atoms with E-state index in [2.05, 4.69) is 10.2 Å². The number of benzene rings is 1. The van der Waals surface area contributed by atoms with Gasteiger partial charge in [0.15, 0.2) is 0 Å². The van der Waals surface area contributed by atoms with Crippen molar-refractivity contribution in [2.75, 3.05) is 0 Å². The maximum Gasteiger partial charge on any atom is 0.268 e. The molecule has 0 spiro atoms. The third kappa shape index (κ3) is 2.27. The lowest BCUT2D eigenvalue weighted by Gasteiger charge is -2.16. The summed E-state index contributed by atoms with van der Waals surface area (Å²) >= 11 is 0. The van der Waals surface area contributed by atoms with E-state index in [1.54, 1.807) is 6.92 Å². The molecular weight excluding hydrogens is 240 g/mol.